The van der Waals surface area contributed by atoms with Gasteiger partial charge in [-0.1, -0.05) is 23.7 Å². The van der Waals surface area contributed by atoms with Crippen LogP contribution in [0.5, 0.6) is 5.75 Å². The topological polar surface area (TPSA) is 165 Å². The van der Waals surface area contributed by atoms with Crippen molar-refractivity contribution in [2.75, 3.05) is 33.1 Å². The Balaban J connectivity index is 1.61. The van der Waals surface area contributed by atoms with Crippen LogP contribution in [0.1, 0.15) is 35.1 Å². The normalized spacial score (nSPS) is 25.0. The number of rotatable bonds is 7. The summed E-state index contributed by atoms with van der Waals surface area (Å²) in [6.45, 7) is 0. The number of aromatic hydroxyl groups is 1. The van der Waals surface area contributed by atoms with Crippen LogP contribution >= 0.6 is 11.6 Å². The molecule has 1 amide bonds. The maximum Gasteiger partial charge on any atom is 0.255 e. The van der Waals surface area contributed by atoms with Gasteiger partial charge in [0.05, 0.1) is 11.6 Å². The minimum absolute atomic E-state index is 0.0439. The van der Waals surface area contributed by atoms with Gasteiger partial charge < -0.3 is 31.1 Å². The predicted octanol–water partition coefficient (Wildman–Crippen LogP) is 2.86. The second kappa shape index (κ2) is 11.0. The van der Waals surface area contributed by atoms with Gasteiger partial charge in [-0.05, 0) is 87.0 Å². The molecule has 0 spiro atoms. The third kappa shape index (κ3) is 4.77. The maximum absolute atomic E-state index is 14.1. The molecule has 6 N–H and O–H groups in total. The number of aliphatic hydroxyl groups is 3. The minimum atomic E-state index is -2.67. The van der Waals surface area contributed by atoms with E-state index in [4.69, 9.17) is 17.3 Å². The number of phenols is 1. The van der Waals surface area contributed by atoms with Crippen LogP contribution in [-0.4, -0.2) is 82.6 Å². The number of hydrogen-bond donors (Lipinski definition) is 5. The number of aryl methyl sites for hydroxylation is 2. The summed E-state index contributed by atoms with van der Waals surface area (Å²) in [5.74, 6) is -6.56. The Kier molecular flexibility index (Phi) is 7.83. The van der Waals surface area contributed by atoms with E-state index in [9.17, 15) is 34.8 Å². The van der Waals surface area contributed by atoms with E-state index >= 15 is 0 Å². The number of hydrogen-bond acceptors (Lipinski definition) is 9. The van der Waals surface area contributed by atoms with Crippen molar-refractivity contribution in [3.63, 3.8) is 0 Å². The number of aliphatic hydroxyl groups excluding tert-OH is 2. The number of anilines is 1. The van der Waals surface area contributed by atoms with E-state index in [0.29, 0.717) is 29.0 Å². The van der Waals surface area contributed by atoms with Gasteiger partial charge in [-0.25, -0.2) is 0 Å². The molecule has 1 fully saturated rings. The molecule has 10 nitrogen and oxygen atoms in total. The first-order valence-electron chi connectivity index (χ1n) is 14.1. The molecule has 0 radical (unpaired) electrons. The third-order valence-electron chi connectivity index (χ3n) is 9.08. The lowest BCUT2D eigenvalue weighted by molar-refractivity contribution is -0.153. The highest BCUT2D eigenvalue weighted by Gasteiger charge is 2.64. The van der Waals surface area contributed by atoms with E-state index in [1.165, 1.54) is 4.90 Å². The number of carbonyl (C=O) groups excluding carboxylic acids is 3. The van der Waals surface area contributed by atoms with Crippen LogP contribution in [0.3, 0.4) is 0 Å². The quantitative estimate of drug-likeness (QED) is 0.297. The van der Waals surface area contributed by atoms with Gasteiger partial charge in [0.1, 0.15) is 22.8 Å². The number of nitrogens with two attached hydrogens (primary N) is 1. The Bertz CT molecular complexity index is 1590. The van der Waals surface area contributed by atoms with Crippen molar-refractivity contribution in [2.24, 2.45) is 17.6 Å². The molecule has 0 bridgehead atoms. The maximum atomic E-state index is 14.1. The Morgan fingerprint density at radius 3 is 2.30 bits per heavy atom. The first-order valence-corrected chi connectivity index (χ1v) is 14.5. The van der Waals surface area contributed by atoms with Crippen molar-refractivity contribution in [3.05, 3.63) is 74.5 Å². The monoisotopic (exact) mass is 609 g/mol. The molecule has 0 aromatic heterocycles. The number of ketones is 2. The average molecular weight is 610 g/mol. The molecule has 0 saturated heterocycles. The van der Waals surface area contributed by atoms with Gasteiger partial charge in [0.15, 0.2) is 11.4 Å². The highest BCUT2D eigenvalue weighted by atomic mass is 35.5. The Labute approximate surface area is 254 Å². The van der Waals surface area contributed by atoms with Crippen LogP contribution in [0.25, 0.3) is 5.76 Å². The Morgan fingerprint density at radius 2 is 1.72 bits per heavy atom. The van der Waals surface area contributed by atoms with E-state index in [1.807, 2.05) is 49.3 Å². The van der Waals surface area contributed by atoms with Gasteiger partial charge in [-0.3, -0.25) is 19.3 Å². The van der Waals surface area contributed by atoms with Crippen molar-refractivity contribution < 1.29 is 34.8 Å². The summed E-state index contributed by atoms with van der Waals surface area (Å²) >= 11 is 5.99. The number of carbonyl (C=O) groups is 3. The molecule has 11 heteroatoms. The summed E-state index contributed by atoms with van der Waals surface area (Å²) < 4.78 is 0. The number of phenolic OH excluding ortho intramolecular Hbond substituents is 1. The highest BCUT2D eigenvalue weighted by Crippen LogP contribution is 2.54. The standard InChI is InChI=1S/C32H36ClN3O7/c1-35(2)21-14-16(7-5-6-15-8-10-18(33)11-9-15)26(37)23-19(21)12-17-13-20-25(36(3)4)28(39)24(31(34)42)30(41)32(20,43)29(40)22(17)27(23)38/h8-11,14,17,20,25,37-38,41,43H,5-7,12-13H2,1-4H3,(H2,34,42)/t17-,20-,25?,32-/m0/s1. The molecular formula is C32H36ClN3O7. The Morgan fingerprint density at radius 1 is 1.07 bits per heavy atom. The molecule has 3 aliphatic carbocycles. The number of Topliss-reactive ketones (excluding diaryl/α,β-unsaturated/α-hetero) is 2. The zero-order valence-corrected chi connectivity index (χ0v) is 25.3. The van der Waals surface area contributed by atoms with Crippen molar-refractivity contribution in [1.29, 1.82) is 0 Å². The van der Waals surface area contributed by atoms with Gasteiger partial charge in [0, 0.05) is 36.3 Å². The number of primary amides is 1. The molecular weight excluding hydrogens is 574 g/mol. The number of amides is 1. The van der Waals surface area contributed by atoms with Gasteiger partial charge in [-0.2, -0.15) is 0 Å². The molecule has 5 rings (SSSR count). The number of halogens is 1. The summed E-state index contributed by atoms with van der Waals surface area (Å²) in [5, 5.41) is 46.6. The fraction of sp³-hybridized carbons (Fsp3) is 0.406. The van der Waals surface area contributed by atoms with Crippen LogP contribution < -0.4 is 10.6 Å². The van der Waals surface area contributed by atoms with E-state index in [-0.39, 0.29) is 29.7 Å². The van der Waals surface area contributed by atoms with Gasteiger partial charge in [0.2, 0.25) is 5.78 Å². The summed E-state index contributed by atoms with van der Waals surface area (Å²) in [7, 11) is 6.84. The molecule has 0 heterocycles. The van der Waals surface area contributed by atoms with Crippen LogP contribution in [0, 0.1) is 11.8 Å². The summed E-state index contributed by atoms with van der Waals surface area (Å²) in [6, 6.07) is 8.28. The first-order chi connectivity index (χ1) is 20.2. The molecule has 228 valence electrons. The summed E-state index contributed by atoms with van der Waals surface area (Å²) in [6.07, 6.45) is 2.18. The largest absolute Gasteiger partial charge is 0.508 e. The summed E-state index contributed by atoms with van der Waals surface area (Å²) in [5.41, 5.74) is 4.90. The molecule has 3 aliphatic rings. The molecule has 0 aliphatic heterocycles. The summed E-state index contributed by atoms with van der Waals surface area (Å²) in [4.78, 5) is 42.9. The van der Waals surface area contributed by atoms with Gasteiger partial charge >= 0.3 is 0 Å². The fourth-order valence-corrected chi connectivity index (χ4v) is 7.20. The van der Waals surface area contributed by atoms with Crippen LogP contribution in [0.2, 0.25) is 5.02 Å². The first kappa shape index (κ1) is 30.6. The number of likely N-dealkylation sites (N-methyl/N-ethyl adjacent to an activating group) is 1. The second-order valence-corrected chi connectivity index (χ2v) is 12.5. The Hall–Kier alpha value is -3.86. The van der Waals surface area contributed by atoms with Crippen LogP contribution in [0.15, 0.2) is 47.2 Å². The van der Waals surface area contributed by atoms with E-state index < -0.39 is 58.0 Å². The lowest BCUT2D eigenvalue weighted by atomic mass is 9.57. The zero-order valence-electron chi connectivity index (χ0n) is 24.5. The third-order valence-corrected chi connectivity index (χ3v) is 9.33. The molecule has 1 unspecified atom stereocenters. The lowest BCUT2D eigenvalue weighted by Gasteiger charge is -2.50. The van der Waals surface area contributed by atoms with Crippen LogP contribution in [-0.2, 0) is 33.6 Å². The smallest absolute Gasteiger partial charge is 0.255 e. The highest BCUT2D eigenvalue weighted by molar-refractivity contribution is 6.30. The molecule has 2 aromatic carbocycles. The zero-order chi connectivity index (χ0) is 31.5. The van der Waals surface area contributed by atoms with E-state index in [1.54, 1.807) is 14.1 Å². The van der Waals surface area contributed by atoms with Gasteiger partial charge in [-0.15, -0.1) is 0 Å². The van der Waals surface area contributed by atoms with Crippen LogP contribution in [0.4, 0.5) is 5.69 Å². The lowest BCUT2D eigenvalue weighted by Crippen LogP contribution is -2.65. The molecule has 1 saturated carbocycles. The van der Waals surface area contributed by atoms with Crippen molar-refractivity contribution >= 4 is 40.5 Å². The number of benzene rings is 2. The molecule has 2 aromatic rings. The number of nitrogens with zero attached hydrogens (tertiary/aromatic N) is 2. The molecule has 43 heavy (non-hydrogen) atoms. The van der Waals surface area contributed by atoms with Gasteiger partial charge in [0.25, 0.3) is 5.91 Å². The SMILES string of the molecule is CN(C)c1cc(CCCc2ccc(Cl)cc2)c(O)c2c1C[C@H]1C[C@H]3C(N(C)C)C(=O)C(C(N)=O)=C(O)[C@@]3(O)C(=O)C1=C2O. The molecule has 4 atom stereocenters. The average Bonchev–Trinajstić information content (AvgIpc) is 2.92. The second-order valence-electron chi connectivity index (χ2n) is 12.1. The van der Waals surface area contributed by atoms with E-state index in [0.717, 1.165) is 17.7 Å². The van der Waals surface area contributed by atoms with E-state index in [2.05, 4.69) is 0 Å². The van der Waals surface area contributed by atoms with Crippen molar-refractivity contribution in [1.82, 2.24) is 4.90 Å². The number of fused-ring (bicyclic) bond motifs is 3. The van der Waals surface area contributed by atoms with Crippen molar-refractivity contribution in [2.45, 2.75) is 43.7 Å². The fourth-order valence-electron chi connectivity index (χ4n) is 7.07. The van der Waals surface area contributed by atoms with Crippen molar-refractivity contribution in [3.8, 4) is 5.75 Å². The predicted molar refractivity (Wildman–Crippen MR) is 162 cm³/mol. The minimum Gasteiger partial charge on any atom is -0.508 e.